The Balaban J connectivity index is 2.37. The van der Waals surface area contributed by atoms with Crippen LogP contribution in [0.5, 0.6) is 5.75 Å². The lowest BCUT2D eigenvalue weighted by Gasteiger charge is -2.16. The first-order chi connectivity index (χ1) is 11.9. The molecule has 0 aliphatic rings. The van der Waals surface area contributed by atoms with Gasteiger partial charge in [0, 0.05) is 19.7 Å². The number of aromatic amines is 1. The van der Waals surface area contributed by atoms with Crippen molar-refractivity contribution in [1.29, 1.82) is 0 Å². The lowest BCUT2D eigenvalue weighted by atomic mass is 10.1. The van der Waals surface area contributed by atoms with Crippen molar-refractivity contribution in [2.75, 3.05) is 13.6 Å². The molecule has 1 aromatic carbocycles. The Morgan fingerprint density at radius 3 is 2.44 bits per heavy atom. The van der Waals surface area contributed by atoms with Crippen LogP contribution >= 0.6 is 0 Å². The van der Waals surface area contributed by atoms with Gasteiger partial charge in [0.2, 0.25) is 0 Å². The number of hydrogen-bond donors (Lipinski definition) is 3. The van der Waals surface area contributed by atoms with Gasteiger partial charge in [-0.15, -0.1) is 0 Å². The Hall–Kier alpha value is -2.90. The number of benzene rings is 1. The van der Waals surface area contributed by atoms with Crippen LogP contribution in [0.25, 0.3) is 0 Å². The molecule has 0 saturated heterocycles. The van der Waals surface area contributed by atoms with Gasteiger partial charge in [-0.3, -0.25) is 9.59 Å². The summed E-state index contributed by atoms with van der Waals surface area (Å²) in [4.78, 5) is 26.6. The molecule has 8 heteroatoms. The highest BCUT2D eigenvalue weighted by atomic mass is 19.1. The lowest BCUT2D eigenvalue weighted by molar-refractivity contribution is 0.0951. The predicted molar refractivity (Wildman–Crippen MR) is 87.6 cm³/mol. The normalized spacial score (nSPS) is 11.7. The van der Waals surface area contributed by atoms with Crippen LogP contribution in [0.15, 0.2) is 24.3 Å². The maximum absolute atomic E-state index is 13.9. The molecule has 0 aliphatic heterocycles. The van der Waals surface area contributed by atoms with Crippen LogP contribution < -0.4 is 15.4 Å². The second-order valence-electron chi connectivity index (χ2n) is 5.26. The van der Waals surface area contributed by atoms with E-state index in [0.29, 0.717) is 6.54 Å². The molecule has 2 rings (SSSR count). The monoisotopic (exact) mass is 351 g/mol. The fourth-order valence-corrected chi connectivity index (χ4v) is 2.35. The van der Waals surface area contributed by atoms with E-state index >= 15 is 0 Å². The number of amides is 2. The molecule has 2 amide bonds. The van der Waals surface area contributed by atoms with Gasteiger partial charge in [0.05, 0.1) is 5.56 Å². The van der Waals surface area contributed by atoms with E-state index in [9.17, 15) is 18.4 Å². The van der Waals surface area contributed by atoms with Crippen molar-refractivity contribution in [3.8, 4) is 5.75 Å². The van der Waals surface area contributed by atoms with Gasteiger partial charge in [0.1, 0.15) is 29.1 Å². The summed E-state index contributed by atoms with van der Waals surface area (Å²) >= 11 is 0. The number of carbonyl (C=O) groups excluding carboxylic acids is 2. The first kappa shape index (κ1) is 18.4. The molecule has 134 valence electrons. The van der Waals surface area contributed by atoms with Gasteiger partial charge < -0.3 is 20.4 Å². The van der Waals surface area contributed by atoms with E-state index in [1.165, 1.54) is 26.1 Å². The Morgan fingerprint density at radius 2 is 1.88 bits per heavy atom. The molecule has 1 heterocycles. The molecule has 6 nitrogen and oxygen atoms in total. The van der Waals surface area contributed by atoms with Gasteiger partial charge in [-0.1, -0.05) is 6.07 Å². The third kappa shape index (κ3) is 3.96. The Labute approximate surface area is 143 Å². The largest absolute Gasteiger partial charge is 0.483 e. The molecular weight excluding hydrogens is 332 g/mol. The SMILES string of the molecule is CCNC(=O)c1cc(O[C@H](C)c2c(F)cccc2F)c(C(=O)NC)[nH]1. The number of aromatic nitrogens is 1. The molecule has 1 aromatic heterocycles. The Bertz CT molecular complexity index is 769. The van der Waals surface area contributed by atoms with Gasteiger partial charge in [-0.25, -0.2) is 8.78 Å². The molecule has 0 bridgehead atoms. The number of halogens is 2. The van der Waals surface area contributed by atoms with Crippen LogP contribution in [0.3, 0.4) is 0 Å². The second kappa shape index (κ2) is 7.78. The summed E-state index contributed by atoms with van der Waals surface area (Å²) in [6.07, 6.45) is -1.01. The van der Waals surface area contributed by atoms with Crippen molar-refractivity contribution in [2.45, 2.75) is 20.0 Å². The molecule has 2 aromatic rings. The number of rotatable bonds is 6. The zero-order valence-corrected chi connectivity index (χ0v) is 14.1. The van der Waals surface area contributed by atoms with Gasteiger partial charge in [0.15, 0.2) is 5.75 Å². The van der Waals surface area contributed by atoms with E-state index in [4.69, 9.17) is 4.74 Å². The smallest absolute Gasteiger partial charge is 0.271 e. The van der Waals surface area contributed by atoms with Crippen molar-refractivity contribution < 1.29 is 23.1 Å². The van der Waals surface area contributed by atoms with Crippen molar-refractivity contribution in [2.24, 2.45) is 0 Å². The summed E-state index contributed by atoms with van der Waals surface area (Å²) in [7, 11) is 1.42. The van der Waals surface area contributed by atoms with E-state index in [1.54, 1.807) is 6.92 Å². The van der Waals surface area contributed by atoms with Crippen LogP contribution in [-0.4, -0.2) is 30.4 Å². The first-order valence-electron chi connectivity index (χ1n) is 7.72. The topological polar surface area (TPSA) is 83.2 Å². The minimum atomic E-state index is -1.01. The zero-order valence-electron chi connectivity index (χ0n) is 14.1. The van der Waals surface area contributed by atoms with E-state index in [-0.39, 0.29) is 22.7 Å². The van der Waals surface area contributed by atoms with Gasteiger partial charge in [-0.2, -0.15) is 0 Å². The number of H-pyrrole nitrogens is 1. The minimum Gasteiger partial charge on any atom is -0.483 e. The fourth-order valence-electron chi connectivity index (χ4n) is 2.35. The molecule has 0 aliphatic carbocycles. The van der Waals surface area contributed by atoms with E-state index < -0.39 is 29.6 Å². The quantitative estimate of drug-likeness (QED) is 0.748. The first-order valence-corrected chi connectivity index (χ1v) is 7.72. The molecule has 25 heavy (non-hydrogen) atoms. The molecule has 0 saturated carbocycles. The number of carbonyl (C=O) groups is 2. The van der Waals surface area contributed by atoms with Gasteiger partial charge >= 0.3 is 0 Å². The van der Waals surface area contributed by atoms with Crippen LogP contribution in [0.1, 0.15) is 46.5 Å². The Morgan fingerprint density at radius 1 is 1.24 bits per heavy atom. The minimum absolute atomic E-state index is 0.00708. The summed E-state index contributed by atoms with van der Waals surface area (Å²) in [6.45, 7) is 3.61. The molecule has 0 unspecified atom stereocenters. The molecule has 0 fully saturated rings. The van der Waals surface area contributed by atoms with Crippen molar-refractivity contribution >= 4 is 11.8 Å². The van der Waals surface area contributed by atoms with Gasteiger partial charge in [0.25, 0.3) is 11.8 Å². The van der Waals surface area contributed by atoms with Crippen LogP contribution in [0, 0.1) is 11.6 Å². The van der Waals surface area contributed by atoms with Gasteiger partial charge in [-0.05, 0) is 26.0 Å². The standard InChI is InChI=1S/C17H19F2N3O3/c1-4-21-16(23)12-8-13(15(22-12)17(24)20-3)25-9(2)14-10(18)6-5-7-11(14)19/h5-9,22H,4H2,1-3H3,(H,20,24)(H,21,23)/t9-/m1/s1. The van der Waals surface area contributed by atoms with Crippen LogP contribution in [0.4, 0.5) is 8.78 Å². The van der Waals surface area contributed by atoms with Crippen molar-refractivity contribution in [3.05, 3.63) is 52.9 Å². The average molecular weight is 351 g/mol. The number of ether oxygens (including phenoxy) is 1. The average Bonchev–Trinajstić information content (AvgIpc) is 2.98. The maximum atomic E-state index is 13.9. The van der Waals surface area contributed by atoms with Crippen molar-refractivity contribution in [1.82, 2.24) is 15.6 Å². The highest BCUT2D eigenvalue weighted by molar-refractivity contribution is 5.99. The second-order valence-corrected chi connectivity index (χ2v) is 5.26. The van der Waals surface area contributed by atoms with E-state index in [0.717, 1.165) is 12.1 Å². The van der Waals surface area contributed by atoms with Crippen LogP contribution in [-0.2, 0) is 0 Å². The summed E-state index contributed by atoms with van der Waals surface area (Å²) in [6, 6.07) is 4.81. The zero-order chi connectivity index (χ0) is 18.6. The maximum Gasteiger partial charge on any atom is 0.271 e. The molecule has 0 radical (unpaired) electrons. The summed E-state index contributed by atoms with van der Waals surface area (Å²) in [5.74, 6) is -2.43. The fraction of sp³-hybridized carbons (Fsp3) is 0.294. The molecular formula is C17H19F2N3O3. The third-order valence-corrected chi connectivity index (χ3v) is 3.53. The summed E-state index contributed by atoms with van der Waals surface area (Å²) in [5, 5.41) is 5.00. The molecule has 0 spiro atoms. The summed E-state index contributed by atoms with van der Waals surface area (Å²) < 4.78 is 33.4. The molecule has 3 N–H and O–H groups in total. The molecule has 1 atom stereocenters. The number of nitrogens with one attached hydrogen (secondary N) is 3. The highest BCUT2D eigenvalue weighted by Gasteiger charge is 2.23. The third-order valence-electron chi connectivity index (χ3n) is 3.53. The predicted octanol–water partition coefficient (Wildman–Crippen LogP) is 2.54. The Kier molecular flexibility index (Phi) is 5.74. The highest BCUT2D eigenvalue weighted by Crippen LogP contribution is 2.29. The van der Waals surface area contributed by atoms with E-state index in [1.807, 2.05) is 0 Å². The van der Waals surface area contributed by atoms with E-state index in [2.05, 4.69) is 15.6 Å². The lowest BCUT2D eigenvalue weighted by Crippen LogP contribution is -2.23. The van der Waals surface area contributed by atoms with Crippen molar-refractivity contribution in [3.63, 3.8) is 0 Å². The van der Waals surface area contributed by atoms with Crippen LogP contribution in [0.2, 0.25) is 0 Å². The number of hydrogen-bond acceptors (Lipinski definition) is 3. The summed E-state index contributed by atoms with van der Waals surface area (Å²) in [5.41, 5.74) is -0.157.